The van der Waals surface area contributed by atoms with Gasteiger partial charge in [-0.25, -0.2) is 4.79 Å². The van der Waals surface area contributed by atoms with Gasteiger partial charge < -0.3 is 10.1 Å². The van der Waals surface area contributed by atoms with Gasteiger partial charge in [0.25, 0.3) is 0 Å². The summed E-state index contributed by atoms with van der Waals surface area (Å²) in [5, 5.41) is 2.88. The molecule has 1 fully saturated rings. The fraction of sp³-hybridized carbons (Fsp3) is 0.875. The molecule has 0 spiro atoms. The average Bonchev–Trinajstić information content (AvgIpc) is 2.27. The molecule has 1 rings (SSSR count). The molecule has 4 heteroatoms. The Bertz CT molecular complexity index is 368. The summed E-state index contributed by atoms with van der Waals surface area (Å²) in [6.45, 7) is 11.9. The molecule has 1 aliphatic rings. The second-order valence-corrected chi connectivity index (χ2v) is 7.60. The summed E-state index contributed by atoms with van der Waals surface area (Å²) in [7, 11) is 0. The number of rotatable bonds is 3. The van der Waals surface area contributed by atoms with Crippen molar-refractivity contribution in [3.05, 3.63) is 0 Å². The zero-order valence-electron chi connectivity index (χ0n) is 13.7. The Morgan fingerprint density at radius 3 is 2.55 bits per heavy atom. The molecule has 116 valence electrons. The Morgan fingerprint density at radius 2 is 2.05 bits per heavy atom. The van der Waals surface area contributed by atoms with Gasteiger partial charge in [-0.15, -0.1) is 0 Å². The zero-order valence-corrected chi connectivity index (χ0v) is 13.7. The molecule has 0 aromatic carbocycles. The molecule has 4 nitrogen and oxygen atoms in total. The fourth-order valence-corrected chi connectivity index (χ4v) is 2.77. The van der Waals surface area contributed by atoms with Crippen LogP contribution in [-0.2, 0) is 9.53 Å². The van der Waals surface area contributed by atoms with Gasteiger partial charge in [0, 0.05) is 18.4 Å². The predicted octanol–water partition coefficient (Wildman–Crippen LogP) is 3.69. The van der Waals surface area contributed by atoms with E-state index < -0.39 is 11.7 Å². The van der Waals surface area contributed by atoms with Crippen LogP contribution in [-0.4, -0.2) is 23.5 Å². The molecule has 1 N–H and O–H groups in total. The van der Waals surface area contributed by atoms with E-state index in [4.69, 9.17) is 4.74 Å². The summed E-state index contributed by atoms with van der Waals surface area (Å²) in [6, 6.07) is -0.128. The monoisotopic (exact) mass is 283 g/mol. The minimum Gasteiger partial charge on any atom is -0.444 e. The molecule has 0 saturated heterocycles. The Hall–Kier alpha value is -1.06. The third-order valence-electron chi connectivity index (χ3n) is 3.86. The summed E-state index contributed by atoms with van der Waals surface area (Å²) in [5.41, 5.74) is -0.347. The van der Waals surface area contributed by atoms with Gasteiger partial charge in [-0.05, 0) is 45.4 Å². The third-order valence-corrected chi connectivity index (χ3v) is 3.86. The van der Waals surface area contributed by atoms with E-state index in [1.165, 1.54) is 0 Å². The molecule has 0 aromatic heterocycles. The number of carbonyl (C=O) groups is 2. The lowest BCUT2D eigenvalue weighted by Gasteiger charge is -2.38. The second kappa shape index (κ2) is 6.15. The highest BCUT2D eigenvalue weighted by Gasteiger charge is 2.38. The average molecular weight is 283 g/mol. The quantitative estimate of drug-likeness (QED) is 0.859. The Morgan fingerprint density at radius 1 is 1.45 bits per heavy atom. The molecule has 0 bridgehead atoms. The van der Waals surface area contributed by atoms with Gasteiger partial charge in [-0.2, -0.15) is 0 Å². The molecule has 2 unspecified atom stereocenters. The largest absolute Gasteiger partial charge is 0.444 e. The van der Waals surface area contributed by atoms with Crippen molar-refractivity contribution in [1.29, 1.82) is 0 Å². The maximum Gasteiger partial charge on any atom is 0.407 e. The van der Waals surface area contributed by atoms with E-state index in [0.29, 0.717) is 6.42 Å². The molecule has 1 saturated carbocycles. The highest BCUT2D eigenvalue weighted by Crippen LogP contribution is 2.38. The van der Waals surface area contributed by atoms with Crippen LogP contribution in [0.3, 0.4) is 0 Å². The lowest BCUT2D eigenvalue weighted by molar-refractivity contribution is -0.128. The number of amides is 1. The number of hydrogen-bond acceptors (Lipinski definition) is 3. The van der Waals surface area contributed by atoms with E-state index in [1.807, 2.05) is 27.7 Å². The third kappa shape index (κ3) is 5.14. The number of alkyl carbamates (subject to hydrolysis) is 1. The minimum atomic E-state index is -0.516. The molecule has 20 heavy (non-hydrogen) atoms. The van der Waals surface area contributed by atoms with Crippen LogP contribution in [0.4, 0.5) is 4.79 Å². The Labute approximate surface area is 122 Å². The van der Waals surface area contributed by atoms with E-state index in [0.717, 1.165) is 19.3 Å². The Kier molecular flexibility index (Phi) is 5.22. The first-order valence-electron chi connectivity index (χ1n) is 7.56. The van der Waals surface area contributed by atoms with Crippen LogP contribution >= 0.6 is 0 Å². The topological polar surface area (TPSA) is 55.4 Å². The van der Waals surface area contributed by atoms with Crippen molar-refractivity contribution in [3.63, 3.8) is 0 Å². The van der Waals surface area contributed by atoms with Gasteiger partial charge >= 0.3 is 6.09 Å². The highest BCUT2D eigenvalue weighted by atomic mass is 16.6. The first-order chi connectivity index (χ1) is 9.04. The van der Waals surface area contributed by atoms with Gasteiger partial charge in [0.2, 0.25) is 0 Å². The lowest BCUT2D eigenvalue weighted by Crippen LogP contribution is -2.47. The van der Waals surface area contributed by atoms with Crippen molar-refractivity contribution in [2.24, 2.45) is 11.3 Å². The SMILES string of the molecule is CCC(NC(=O)OC(C)(C)C)C1CC(C)(C)CCC1=O. The van der Waals surface area contributed by atoms with Crippen LogP contribution in [0.15, 0.2) is 0 Å². The summed E-state index contributed by atoms with van der Waals surface area (Å²) in [6.07, 6.45) is 2.70. The molecule has 2 atom stereocenters. The molecule has 0 aliphatic heterocycles. The first-order valence-corrected chi connectivity index (χ1v) is 7.56. The van der Waals surface area contributed by atoms with Crippen molar-refractivity contribution in [2.45, 2.75) is 78.9 Å². The van der Waals surface area contributed by atoms with Gasteiger partial charge in [0.15, 0.2) is 0 Å². The van der Waals surface area contributed by atoms with Gasteiger partial charge in [0.05, 0.1) is 0 Å². The van der Waals surface area contributed by atoms with Crippen LogP contribution in [0.1, 0.15) is 67.2 Å². The van der Waals surface area contributed by atoms with E-state index in [1.54, 1.807) is 0 Å². The number of carbonyl (C=O) groups excluding carboxylic acids is 2. The summed E-state index contributed by atoms with van der Waals surface area (Å²) in [4.78, 5) is 24.1. The first kappa shape index (κ1) is 17.0. The van der Waals surface area contributed by atoms with Crippen LogP contribution in [0, 0.1) is 11.3 Å². The fourth-order valence-electron chi connectivity index (χ4n) is 2.77. The summed E-state index contributed by atoms with van der Waals surface area (Å²) < 4.78 is 5.29. The smallest absolute Gasteiger partial charge is 0.407 e. The highest BCUT2D eigenvalue weighted by molar-refractivity contribution is 5.83. The van der Waals surface area contributed by atoms with Crippen molar-refractivity contribution in [2.75, 3.05) is 0 Å². The maximum atomic E-state index is 12.2. The van der Waals surface area contributed by atoms with Gasteiger partial charge in [-0.1, -0.05) is 20.8 Å². The molecular weight excluding hydrogens is 254 g/mol. The lowest BCUT2D eigenvalue weighted by atomic mass is 9.69. The second-order valence-electron chi connectivity index (χ2n) is 7.60. The van der Waals surface area contributed by atoms with Crippen molar-refractivity contribution < 1.29 is 14.3 Å². The standard InChI is InChI=1S/C16H29NO3/c1-7-12(17-14(19)20-15(2,3)4)11-10-16(5,6)9-8-13(11)18/h11-12H,7-10H2,1-6H3,(H,17,19). The Balaban J connectivity index is 2.69. The molecule has 0 radical (unpaired) electrons. The van der Waals surface area contributed by atoms with Crippen LogP contribution < -0.4 is 5.32 Å². The van der Waals surface area contributed by atoms with Crippen molar-refractivity contribution in [3.8, 4) is 0 Å². The molecule has 0 aromatic rings. The number of ketones is 1. The molecule has 1 amide bonds. The van der Waals surface area contributed by atoms with Crippen LogP contribution in [0.2, 0.25) is 0 Å². The van der Waals surface area contributed by atoms with E-state index in [2.05, 4.69) is 19.2 Å². The van der Waals surface area contributed by atoms with Gasteiger partial charge in [-0.3, -0.25) is 4.79 Å². The predicted molar refractivity (Wildman–Crippen MR) is 79.6 cm³/mol. The number of Topliss-reactive ketones (excluding diaryl/α,β-unsaturated/α-hetero) is 1. The number of nitrogens with one attached hydrogen (secondary N) is 1. The van der Waals surface area contributed by atoms with Gasteiger partial charge in [0.1, 0.15) is 11.4 Å². The van der Waals surface area contributed by atoms with Crippen molar-refractivity contribution >= 4 is 11.9 Å². The molecular formula is C16H29NO3. The van der Waals surface area contributed by atoms with E-state index in [9.17, 15) is 9.59 Å². The number of hydrogen-bond donors (Lipinski definition) is 1. The van der Waals surface area contributed by atoms with E-state index in [-0.39, 0.29) is 23.2 Å². The van der Waals surface area contributed by atoms with E-state index >= 15 is 0 Å². The zero-order chi connectivity index (χ0) is 15.6. The van der Waals surface area contributed by atoms with Crippen LogP contribution in [0.5, 0.6) is 0 Å². The van der Waals surface area contributed by atoms with Crippen molar-refractivity contribution in [1.82, 2.24) is 5.32 Å². The van der Waals surface area contributed by atoms with Crippen LogP contribution in [0.25, 0.3) is 0 Å². The normalized spacial score (nSPS) is 24.1. The number of ether oxygens (including phenoxy) is 1. The minimum absolute atomic E-state index is 0.0868. The molecule has 0 heterocycles. The molecule has 1 aliphatic carbocycles. The maximum absolute atomic E-state index is 12.2. The summed E-state index contributed by atoms with van der Waals surface area (Å²) in [5.74, 6) is 0.184. The summed E-state index contributed by atoms with van der Waals surface area (Å²) >= 11 is 0.